The van der Waals surface area contributed by atoms with Crippen LogP contribution in [0.5, 0.6) is 0 Å². The van der Waals surface area contributed by atoms with Crippen LogP contribution in [0.15, 0.2) is 0 Å². The average molecular weight is 271 g/mol. The molecular formula is C15H29NO3. The Morgan fingerprint density at radius 1 is 1.11 bits per heavy atom. The molecule has 1 aliphatic rings. The molecule has 0 spiro atoms. The van der Waals surface area contributed by atoms with Gasteiger partial charge in [-0.1, -0.05) is 13.8 Å². The van der Waals surface area contributed by atoms with E-state index < -0.39 is 0 Å². The van der Waals surface area contributed by atoms with Crippen LogP contribution in [0.1, 0.15) is 53.4 Å². The molecule has 19 heavy (non-hydrogen) atoms. The maximum Gasteiger partial charge on any atom is 0.222 e. The van der Waals surface area contributed by atoms with Gasteiger partial charge in [0.05, 0.1) is 24.9 Å². The van der Waals surface area contributed by atoms with Crippen LogP contribution in [0.25, 0.3) is 0 Å². The van der Waals surface area contributed by atoms with E-state index in [1.165, 1.54) is 0 Å². The van der Waals surface area contributed by atoms with Crippen molar-refractivity contribution in [3.63, 3.8) is 0 Å². The third-order valence-electron chi connectivity index (χ3n) is 3.37. The Balaban J connectivity index is 2.05. The molecule has 1 N–H and O–H groups in total. The minimum Gasteiger partial charge on any atom is -0.376 e. The highest BCUT2D eigenvalue weighted by molar-refractivity contribution is 5.77. The molecule has 0 atom stereocenters. The van der Waals surface area contributed by atoms with Gasteiger partial charge in [0.1, 0.15) is 0 Å². The van der Waals surface area contributed by atoms with Crippen molar-refractivity contribution in [3.05, 3.63) is 0 Å². The van der Waals surface area contributed by atoms with E-state index >= 15 is 0 Å². The van der Waals surface area contributed by atoms with E-state index in [1.807, 2.05) is 13.8 Å². The first-order chi connectivity index (χ1) is 8.99. The Bertz CT molecular complexity index is 258. The van der Waals surface area contributed by atoms with Crippen LogP contribution in [0, 0.1) is 5.92 Å². The molecule has 112 valence electrons. The molecule has 0 bridgehead atoms. The number of amides is 1. The summed E-state index contributed by atoms with van der Waals surface area (Å²) in [5, 5.41) is 2.87. The molecular weight excluding hydrogens is 242 g/mol. The highest BCUT2D eigenvalue weighted by atomic mass is 16.5. The largest absolute Gasteiger partial charge is 0.376 e. The van der Waals surface area contributed by atoms with Crippen molar-refractivity contribution in [3.8, 4) is 0 Å². The van der Waals surface area contributed by atoms with E-state index in [4.69, 9.17) is 9.47 Å². The number of carbonyl (C=O) groups is 1. The standard InChI is InChI=1S/C15H29NO3/c1-11(2)15(17)16-9-10-18-13-5-7-14(8-6-13)19-12(3)4/h11-14H,5-10H2,1-4H3,(H,16,17). The highest BCUT2D eigenvalue weighted by Gasteiger charge is 2.22. The van der Waals surface area contributed by atoms with Gasteiger partial charge in [0.25, 0.3) is 0 Å². The van der Waals surface area contributed by atoms with Gasteiger partial charge >= 0.3 is 0 Å². The lowest BCUT2D eigenvalue weighted by atomic mass is 9.95. The molecule has 0 heterocycles. The van der Waals surface area contributed by atoms with Gasteiger partial charge in [-0.05, 0) is 39.5 Å². The lowest BCUT2D eigenvalue weighted by molar-refractivity contribution is -0.124. The zero-order valence-electron chi connectivity index (χ0n) is 12.8. The summed E-state index contributed by atoms with van der Waals surface area (Å²) in [6.45, 7) is 9.18. The molecule has 1 amide bonds. The lowest BCUT2D eigenvalue weighted by Crippen LogP contribution is -2.33. The van der Waals surface area contributed by atoms with Crippen LogP contribution in [0.4, 0.5) is 0 Å². The van der Waals surface area contributed by atoms with Gasteiger partial charge in [-0.25, -0.2) is 0 Å². The predicted molar refractivity (Wildman–Crippen MR) is 76.1 cm³/mol. The lowest BCUT2D eigenvalue weighted by Gasteiger charge is -2.29. The average Bonchev–Trinajstić information content (AvgIpc) is 2.35. The van der Waals surface area contributed by atoms with Crippen LogP contribution < -0.4 is 5.32 Å². The van der Waals surface area contributed by atoms with E-state index in [1.54, 1.807) is 0 Å². The Morgan fingerprint density at radius 2 is 1.68 bits per heavy atom. The number of hydrogen-bond donors (Lipinski definition) is 1. The molecule has 0 aromatic heterocycles. The van der Waals surface area contributed by atoms with E-state index in [0.29, 0.717) is 31.5 Å². The first-order valence-corrected chi connectivity index (χ1v) is 7.53. The zero-order valence-corrected chi connectivity index (χ0v) is 12.8. The maximum absolute atomic E-state index is 11.4. The fourth-order valence-electron chi connectivity index (χ4n) is 2.32. The molecule has 1 fully saturated rings. The van der Waals surface area contributed by atoms with Gasteiger partial charge < -0.3 is 14.8 Å². The van der Waals surface area contributed by atoms with Crippen molar-refractivity contribution >= 4 is 5.91 Å². The Labute approximate surface area is 117 Å². The van der Waals surface area contributed by atoms with Crippen LogP contribution in [0.3, 0.4) is 0 Å². The fourth-order valence-corrected chi connectivity index (χ4v) is 2.32. The molecule has 1 aliphatic carbocycles. The number of hydrogen-bond acceptors (Lipinski definition) is 3. The van der Waals surface area contributed by atoms with Crippen molar-refractivity contribution in [2.75, 3.05) is 13.2 Å². The zero-order chi connectivity index (χ0) is 14.3. The van der Waals surface area contributed by atoms with Gasteiger partial charge in [0.15, 0.2) is 0 Å². The van der Waals surface area contributed by atoms with Crippen LogP contribution in [0.2, 0.25) is 0 Å². The number of rotatable bonds is 7. The Morgan fingerprint density at radius 3 is 2.21 bits per heavy atom. The maximum atomic E-state index is 11.4. The SMILES string of the molecule is CC(C)OC1CCC(OCCNC(=O)C(C)C)CC1. The highest BCUT2D eigenvalue weighted by Crippen LogP contribution is 2.24. The summed E-state index contributed by atoms with van der Waals surface area (Å²) in [5.74, 6) is 0.140. The second-order valence-corrected chi connectivity index (χ2v) is 5.90. The quantitative estimate of drug-likeness (QED) is 0.724. The minimum absolute atomic E-state index is 0.0450. The summed E-state index contributed by atoms with van der Waals surface area (Å²) in [6, 6.07) is 0. The normalized spacial score (nSPS) is 23.9. The first kappa shape index (κ1) is 16.4. The fraction of sp³-hybridized carbons (Fsp3) is 0.933. The Kier molecular flexibility index (Phi) is 7.39. The molecule has 0 unspecified atom stereocenters. The molecule has 1 rings (SSSR count). The van der Waals surface area contributed by atoms with Gasteiger partial charge in [-0.15, -0.1) is 0 Å². The smallest absolute Gasteiger partial charge is 0.222 e. The molecule has 0 aromatic rings. The molecule has 0 aliphatic heterocycles. The molecule has 0 saturated heterocycles. The monoisotopic (exact) mass is 271 g/mol. The predicted octanol–water partition coefficient (Wildman–Crippen LogP) is 2.51. The molecule has 0 radical (unpaired) electrons. The van der Waals surface area contributed by atoms with Gasteiger partial charge in [0, 0.05) is 12.5 Å². The summed E-state index contributed by atoms with van der Waals surface area (Å²) in [4.78, 5) is 11.4. The van der Waals surface area contributed by atoms with Crippen LogP contribution >= 0.6 is 0 Å². The van der Waals surface area contributed by atoms with Gasteiger partial charge in [0.2, 0.25) is 5.91 Å². The van der Waals surface area contributed by atoms with Gasteiger partial charge in [-0.2, -0.15) is 0 Å². The topological polar surface area (TPSA) is 47.6 Å². The van der Waals surface area contributed by atoms with Crippen LogP contribution in [-0.2, 0) is 14.3 Å². The number of nitrogens with one attached hydrogen (secondary N) is 1. The van der Waals surface area contributed by atoms with E-state index in [-0.39, 0.29) is 11.8 Å². The molecule has 4 nitrogen and oxygen atoms in total. The third-order valence-corrected chi connectivity index (χ3v) is 3.37. The number of carbonyl (C=O) groups excluding carboxylic acids is 1. The molecule has 0 aromatic carbocycles. The van der Waals surface area contributed by atoms with Crippen molar-refractivity contribution in [2.45, 2.75) is 71.7 Å². The van der Waals surface area contributed by atoms with Crippen molar-refractivity contribution in [1.82, 2.24) is 5.32 Å². The molecule has 4 heteroatoms. The van der Waals surface area contributed by atoms with E-state index in [9.17, 15) is 4.79 Å². The van der Waals surface area contributed by atoms with Crippen molar-refractivity contribution in [1.29, 1.82) is 0 Å². The first-order valence-electron chi connectivity index (χ1n) is 7.53. The van der Waals surface area contributed by atoms with Crippen LogP contribution in [-0.4, -0.2) is 37.4 Å². The minimum atomic E-state index is 0.0450. The van der Waals surface area contributed by atoms with Crippen molar-refractivity contribution in [2.24, 2.45) is 5.92 Å². The molecule has 1 saturated carbocycles. The Hall–Kier alpha value is -0.610. The summed E-state index contributed by atoms with van der Waals surface area (Å²) in [6.07, 6.45) is 5.35. The second-order valence-electron chi connectivity index (χ2n) is 5.90. The number of ether oxygens (including phenoxy) is 2. The van der Waals surface area contributed by atoms with E-state index in [0.717, 1.165) is 25.7 Å². The summed E-state index contributed by atoms with van der Waals surface area (Å²) in [7, 11) is 0. The van der Waals surface area contributed by atoms with Crippen molar-refractivity contribution < 1.29 is 14.3 Å². The summed E-state index contributed by atoms with van der Waals surface area (Å²) < 4.78 is 11.6. The third kappa shape index (κ3) is 6.92. The summed E-state index contributed by atoms with van der Waals surface area (Å²) in [5.41, 5.74) is 0. The van der Waals surface area contributed by atoms with Gasteiger partial charge in [-0.3, -0.25) is 4.79 Å². The summed E-state index contributed by atoms with van der Waals surface area (Å²) >= 11 is 0. The second kappa shape index (κ2) is 8.54. The van der Waals surface area contributed by atoms with E-state index in [2.05, 4.69) is 19.2 Å².